The molecule has 2 N–H and O–H groups in total. The Bertz CT molecular complexity index is 1180. The van der Waals surface area contributed by atoms with Crippen molar-refractivity contribution in [2.45, 2.75) is 52.1 Å². The summed E-state index contributed by atoms with van der Waals surface area (Å²) in [6.07, 6.45) is 3.03. The molecule has 0 aliphatic heterocycles. The van der Waals surface area contributed by atoms with E-state index in [1.54, 1.807) is 21.1 Å². The SMILES string of the molecule is CCCCC(C)(CNC(C)=O)Nc1nc(N(Cc2ccc(OC)cc2OC)[I-]C)nc2ccccc12. The molecule has 1 amide bonds. The first-order valence-electron chi connectivity index (χ1n) is 12.1. The molecule has 0 saturated heterocycles. The van der Waals surface area contributed by atoms with Crippen molar-refractivity contribution >= 4 is 28.6 Å². The number of anilines is 2. The number of methoxy groups -OCH3 is 2. The molecule has 2 aromatic carbocycles. The number of aromatic nitrogens is 2. The molecule has 0 spiro atoms. The van der Waals surface area contributed by atoms with Crippen molar-refractivity contribution in [2.75, 3.05) is 34.1 Å². The van der Waals surface area contributed by atoms with Crippen molar-refractivity contribution < 1.29 is 35.7 Å². The summed E-state index contributed by atoms with van der Waals surface area (Å²) in [7, 11) is 3.32. The van der Waals surface area contributed by atoms with E-state index in [0.29, 0.717) is 19.0 Å². The van der Waals surface area contributed by atoms with Crippen LogP contribution >= 0.6 is 0 Å². The van der Waals surface area contributed by atoms with Crippen LogP contribution in [-0.4, -0.2) is 47.1 Å². The van der Waals surface area contributed by atoms with Gasteiger partial charge in [0.15, 0.2) is 0 Å². The fraction of sp³-hybridized carbons (Fsp3) is 0.444. The molecule has 0 aliphatic rings. The number of fused-ring (bicyclic) bond motifs is 1. The van der Waals surface area contributed by atoms with E-state index >= 15 is 0 Å². The quantitative estimate of drug-likeness (QED) is 0.174. The van der Waals surface area contributed by atoms with Crippen LogP contribution in [0.4, 0.5) is 11.8 Å². The van der Waals surface area contributed by atoms with E-state index in [1.807, 2.05) is 42.5 Å². The van der Waals surface area contributed by atoms with E-state index in [1.165, 1.54) is 0 Å². The number of nitrogens with one attached hydrogen (secondary N) is 2. The van der Waals surface area contributed by atoms with Gasteiger partial charge in [-0.1, -0.05) is 0 Å². The Balaban J connectivity index is 2.00. The summed E-state index contributed by atoms with van der Waals surface area (Å²) < 4.78 is 13.2. The van der Waals surface area contributed by atoms with E-state index in [4.69, 9.17) is 19.4 Å². The van der Waals surface area contributed by atoms with Gasteiger partial charge in [-0.3, -0.25) is 0 Å². The zero-order valence-electron chi connectivity index (χ0n) is 22.0. The summed E-state index contributed by atoms with van der Waals surface area (Å²) in [6, 6.07) is 13.9. The number of rotatable bonds is 13. The fourth-order valence-electron chi connectivity index (χ4n) is 3.97. The summed E-state index contributed by atoms with van der Waals surface area (Å²) in [6.45, 7) is 7.01. The number of nitrogens with zero attached hydrogens (tertiary/aromatic N) is 3. The van der Waals surface area contributed by atoms with Gasteiger partial charge in [-0.05, 0) is 0 Å². The number of benzene rings is 2. The van der Waals surface area contributed by atoms with Gasteiger partial charge in [-0.15, -0.1) is 0 Å². The maximum absolute atomic E-state index is 11.7. The van der Waals surface area contributed by atoms with E-state index in [0.717, 1.165) is 53.0 Å². The minimum absolute atomic E-state index is 0.0388. The molecule has 196 valence electrons. The van der Waals surface area contributed by atoms with Gasteiger partial charge in [0.25, 0.3) is 0 Å². The Morgan fingerprint density at radius 3 is 2.58 bits per heavy atom. The Morgan fingerprint density at radius 2 is 1.92 bits per heavy atom. The van der Waals surface area contributed by atoms with E-state index in [-0.39, 0.29) is 32.9 Å². The van der Waals surface area contributed by atoms with Crippen molar-refractivity contribution in [1.29, 1.82) is 0 Å². The number of carbonyl (C=O) groups is 1. The number of alkyl halides is 1. The number of hydrogen-bond acceptors (Lipinski definition) is 7. The fourth-order valence-corrected chi connectivity index (χ4v) is 5.33. The topological polar surface area (TPSA) is 88.6 Å². The van der Waals surface area contributed by atoms with Gasteiger partial charge in [0.2, 0.25) is 0 Å². The average Bonchev–Trinajstić information content (AvgIpc) is 2.89. The number of halogens is 1. The molecule has 3 rings (SSSR count). The predicted octanol–water partition coefficient (Wildman–Crippen LogP) is 1.78. The average molecular weight is 607 g/mol. The molecule has 0 aliphatic carbocycles. The zero-order valence-corrected chi connectivity index (χ0v) is 24.2. The van der Waals surface area contributed by atoms with Crippen molar-refractivity contribution in [3.8, 4) is 11.5 Å². The van der Waals surface area contributed by atoms with Gasteiger partial charge in [-0.2, -0.15) is 0 Å². The Kier molecular flexibility index (Phi) is 9.98. The first-order valence-corrected chi connectivity index (χ1v) is 15.2. The summed E-state index contributed by atoms with van der Waals surface area (Å²) in [4.78, 5) is 23.8. The Morgan fingerprint density at radius 1 is 1.14 bits per heavy atom. The minimum atomic E-state index is -0.385. The normalized spacial score (nSPS) is 12.7. The van der Waals surface area contributed by atoms with Crippen LogP contribution < -0.4 is 44.7 Å². The van der Waals surface area contributed by atoms with Gasteiger partial charge in [-0.25, -0.2) is 0 Å². The second-order valence-electron chi connectivity index (χ2n) is 8.96. The molecule has 8 nitrogen and oxygen atoms in total. The molecule has 9 heteroatoms. The zero-order chi connectivity index (χ0) is 26.1. The molecule has 0 radical (unpaired) electrons. The van der Waals surface area contributed by atoms with Crippen LogP contribution in [0.15, 0.2) is 42.5 Å². The Hall–Kier alpha value is -2.82. The van der Waals surface area contributed by atoms with Gasteiger partial charge in [0.1, 0.15) is 0 Å². The van der Waals surface area contributed by atoms with E-state index in [9.17, 15) is 4.79 Å². The van der Waals surface area contributed by atoms with Crippen molar-refractivity contribution in [2.24, 2.45) is 0 Å². The van der Waals surface area contributed by atoms with Crippen molar-refractivity contribution in [3.63, 3.8) is 0 Å². The van der Waals surface area contributed by atoms with Gasteiger partial charge in [0.05, 0.1) is 0 Å². The molecule has 1 aromatic heterocycles. The monoisotopic (exact) mass is 606 g/mol. The third-order valence-corrected chi connectivity index (χ3v) is 7.98. The van der Waals surface area contributed by atoms with Crippen LogP contribution in [0.1, 0.15) is 45.6 Å². The van der Waals surface area contributed by atoms with Gasteiger partial charge in [0, 0.05) is 0 Å². The number of hydrogen-bond donors (Lipinski definition) is 2. The van der Waals surface area contributed by atoms with Crippen LogP contribution in [0, 0.1) is 0 Å². The summed E-state index contributed by atoms with van der Waals surface area (Å²) >= 11 is -0.385. The second kappa shape index (κ2) is 12.9. The van der Waals surface area contributed by atoms with Crippen molar-refractivity contribution in [1.82, 2.24) is 15.3 Å². The first-order chi connectivity index (χ1) is 17.3. The van der Waals surface area contributed by atoms with Gasteiger partial charge >= 0.3 is 225 Å². The molecule has 1 atom stereocenters. The number of para-hydroxylation sites is 1. The number of amides is 1. The number of ether oxygens (including phenoxy) is 2. The standard InChI is InChI=1S/C27H37IN5O3/c1-7-8-15-27(3,18-29-19(2)34)32-25-22-11-9-10-12-23(22)30-26(31-25)33(28-4)17-20-13-14-21(35-5)16-24(20)36-6/h9-14,16H,7-8,15,17-18H2,1-6H3,(H,29,34)(H,30,31,32)/q-1. The molecule has 36 heavy (non-hydrogen) atoms. The molecule has 3 aromatic rings. The summed E-state index contributed by atoms with van der Waals surface area (Å²) in [5, 5.41) is 7.64. The van der Waals surface area contributed by atoms with Crippen LogP contribution in [0.2, 0.25) is 0 Å². The second-order valence-corrected chi connectivity index (χ2v) is 11.1. The van der Waals surface area contributed by atoms with Crippen LogP contribution in [0.3, 0.4) is 0 Å². The number of carbonyl (C=O) groups excluding carboxylic acids is 1. The summed E-state index contributed by atoms with van der Waals surface area (Å²) in [5.74, 6) is 2.96. The molecule has 0 fully saturated rings. The molecule has 0 bridgehead atoms. The van der Waals surface area contributed by atoms with Crippen LogP contribution in [0.5, 0.6) is 11.5 Å². The van der Waals surface area contributed by atoms with Crippen LogP contribution in [0.25, 0.3) is 10.9 Å². The molecule has 1 unspecified atom stereocenters. The maximum atomic E-state index is 11.7. The van der Waals surface area contributed by atoms with Crippen molar-refractivity contribution in [3.05, 3.63) is 48.0 Å². The summed E-state index contributed by atoms with van der Waals surface area (Å²) in [5.41, 5.74) is 1.58. The Labute approximate surface area is 224 Å². The molecule has 1 heterocycles. The van der Waals surface area contributed by atoms with Crippen LogP contribution in [-0.2, 0) is 11.3 Å². The van der Waals surface area contributed by atoms with Gasteiger partial charge < -0.3 is 0 Å². The third kappa shape index (κ3) is 7.11. The van der Waals surface area contributed by atoms with E-state index in [2.05, 4.69) is 32.5 Å². The number of unbranched alkanes of at least 4 members (excludes halogenated alkanes) is 1. The molecular weight excluding hydrogens is 569 g/mol. The van der Waals surface area contributed by atoms with E-state index < -0.39 is 0 Å². The predicted molar refractivity (Wildman–Crippen MR) is 141 cm³/mol. The molecular formula is C27H37IN5O3-. The third-order valence-electron chi connectivity index (χ3n) is 6.05. The first kappa shape index (κ1) is 27.8. The molecule has 0 saturated carbocycles.